The molecule has 3 heteroatoms. The third kappa shape index (κ3) is 4.49. The molecule has 0 N–H and O–H groups in total. The molecule has 0 amide bonds. The molecule has 1 atom stereocenters. The Balaban J connectivity index is 1.41. The van der Waals surface area contributed by atoms with Crippen molar-refractivity contribution in [3.05, 3.63) is 35.9 Å². The molecule has 3 aliphatic rings. The van der Waals surface area contributed by atoms with E-state index in [9.17, 15) is 0 Å². The zero-order valence-electron chi connectivity index (χ0n) is 16.8. The van der Waals surface area contributed by atoms with Gasteiger partial charge >= 0.3 is 0 Å². The van der Waals surface area contributed by atoms with Crippen molar-refractivity contribution >= 4 is 0 Å². The van der Waals surface area contributed by atoms with Gasteiger partial charge in [-0.15, -0.1) is 0 Å². The smallest absolute Gasteiger partial charge is 0.0829 e. The fourth-order valence-electron chi connectivity index (χ4n) is 4.90. The fraction of sp³-hybridized carbons (Fsp3) is 0.739. The molecule has 4 rings (SSSR count). The van der Waals surface area contributed by atoms with E-state index in [-0.39, 0.29) is 11.2 Å². The van der Waals surface area contributed by atoms with E-state index in [1.165, 1.54) is 63.7 Å². The first kappa shape index (κ1) is 18.5. The van der Waals surface area contributed by atoms with Crippen molar-refractivity contribution in [1.29, 1.82) is 0 Å². The minimum absolute atomic E-state index is 0.0934. The summed E-state index contributed by atoms with van der Waals surface area (Å²) in [4.78, 5) is 5.38. The normalized spacial score (nSPS) is 29.3. The molecule has 3 fully saturated rings. The SMILES string of the molecule is CC(C)CCN1CCCC2(CC1)CN(Cc1ccccc1)CC1(CC1)O2. The van der Waals surface area contributed by atoms with E-state index in [4.69, 9.17) is 4.74 Å². The summed E-state index contributed by atoms with van der Waals surface area (Å²) < 4.78 is 6.87. The van der Waals surface area contributed by atoms with Crippen LogP contribution in [0.1, 0.15) is 57.9 Å². The lowest BCUT2D eigenvalue weighted by Crippen LogP contribution is -2.56. The summed E-state index contributed by atoms with van der Waals surface area (Å²) in [5.41, 5.74) is 1.71. The largest absolute Gasteiger partial charge is 0.366 e. The average Bonchev–Trinajstić information content (AvgIpc) is 3.38. The van der Waals surface area contributed by atoms with Crippen LogP contribution in [-0.2, 0) is 11.3 Å². The molecule has 2 spiro atoms. The molecule has 1 aliphatic carbocycles. The number of rotatable bonds is 5. The molecule has 2 aliphatic heterocycles. The Morgan fingerprint density at radius 2 is 1.65 bits per heavy atom. The van der Waals surface area contributed by atoms with E-state index in [1.54, 1.807) is 0 Å². The lowest BCUT2D eigenvalue weighted by molar-refractivity contribution is -0.176. The van der Waals surface area contributed by atoms with Crippen LogP contribution in [0.15, 0.2) is 30.3 Å². The lowest BCUT2D eigenvalue weighted by Gasteiger charge is -2.47. The third-order valence-electron chi connectivity index (χ3n) is 6.53. The number of morpholine rings is 1. The number of likely N-dealkylation sites (tertiary alicyclic amines) is 1. The molecule has 1 aromatic rings. The molecular weight excluding hydrogens is 320 g/mol. The van der Waals surface area contributed by atoms with Crippen molar-refractivity contribution < 1.29 is 4.74 Å². The van der Waals surface area contributed by atoms with E-state index in [0.717, 1.165) is 25.6 Å². The monoisotopic (exact) mass is 356 g/mol. The summed E-state index contributed by atoms with van der Waals surface area (Å²) in [5.74, 6) is 0.800. The van der Waals surface area contributed by atoms with Crippen molar-refractivity contribution in [3.63, 3.8) is 0 Å². The van der Waals surface area contributed by atoms with E-state index >= 15 is 0 Å². The maximum atomic E-state index is 6.87. The van der Waals surface area contributed by atoms with E-state index < -0.39 is 0 Å². The zero-order valence-corrected chi connectivity index (χ0v) is 16.8. The van der Waals surface area contributed by atoms with Gasteiger partial charge in [-0.05, 0) is 63.1 Å². The third-order valence-corrected chi connectivity index (χ3v) is 6.53. The Kier molecular flexibility index (Phi) is 5.41. The topological polar surface area (TPSA) is 15.7 Å². The molecule has 1 unspecified atom stereocenters. The first-order valence-corrected chi connectivity index (χ1v) is 10.8. The van der Waals surface area contributed by atoms with Crippen LogP contribution in [0, 0.1) is 5.92 Å². The van der Waals surface area contributed by atoms with Gasteiger partial charge in [-0.1, -0.05) is 44.2 Å². The lowest BCUT2D eigenvalue weighted by atomic mass is 9.90. The minimum Gasteiger partial charge on any atom is -0.366 e. The van der Waals surface area contributed by atoms with Gasteiger partial charge in [-0.25, -0.2) is 0 Å². The predicted molar refractivity (Wildman–Crippen MR) is 107 cm³/mol. The second-order valence-corrected chi connectivity index (χ2v) is 9.48. The first-order chi connectivity index (χ1) is 12.6. The van der Waals surface area contributed by atoms with Gasteiger partial charge in [0, 0.05) is 26.2 Å². The highest BCUT2D eigenvalue weighted by molar-refractivity contribution is 5.16. The highest BCUT2D eigenvalue weighted by atomic mass is 16.5. The molecule has 2 heterocycles. The molecule has 0 bridgehead atoms. The molecule has 1 aromatic carbocycles. The summed E-state index contributed by atoms with van der Waals surface area (Å²) in [6.07, 6.45) is 7.57. The Morgan fingerprint density at radius 1 is 0.923 bits per heavy atom. The molecule has 144 valence electrons. The predicted octanol–water partition coefficient (Wildman–Crippen LogP) is 4.32. The van der Waals surface area contributed by atoms with Crippen LogP contribution in [0.4, 0.5) is 0 Å². The van der Waals surface area contributed by atoms with Gasteiger partial charge in [0.25, 0.3) is 0 Å². The van der Waals surface area contributed by atoms with E-state index in [0.29, 0.717) is 0 Å². The summed E-state index contributed by atoms with van der Waals surface area (Å²) in [7, 11) is 0. The van der Waals surface area contributed by atoms with Gasteiger partial charge in [0.05, 0.1) is 11.2 Å². The van der Waals surface area contributed by atoms with Crippen LogP contribution >= 0.6 is 0 Å². The summed E-state index contributed by atoms with van der Waals surface area (Å²) in [5, 5.41) is 0. The van der Waals surface area contributed by atoms with Crippen molar-refractivity contribution in [3.8, 4) is 0 Å². The van der Waals surface area contributed by atoms with Gasteiger partial charge in [0.1, 0.15) is 0 Å². The van der Waals surface area contributed by atoms with E-state index in [1.807, 2.05) is 0 Å². The van der Waals surface area contributed by atoms with Crippen molar-refractivity contribution in [2.75, 3.05) is 32.7 Å². The number of hydrogen-bond acceptors (Lipinski definition) is 3. The summed E-state index contributed by atoms with van der Waals surface area (Å²) in [6, 6.07) is 11.0. The van der Waals surface area contributed by atoms with Gasteiger partial charge in [0.15, 0.2) is 0 Å². The fourth-order valence-corrected chi connectivity index (χ4v) is 4.90. The average molecular weight is 357 g/mol. The van der Waals surface area contributed by atoms with Crippen LogP contribution in [0.3, 0.4) is 0 Å². The molecule has 1 saturated carbocycles. The van der Waals surface area contributed by atoms with Crippen molar-refractivity contribution in [1.82, 2.24) is 9.80 Å². The number of ether oxygens (including phenoxy) is 1. The van der Waals surface area contributed by atoms with Crippen LogP contribution < -0.4 is 0 Å². The van der Waals surface area contributed by atoms with Gasteiger partial charge in [-0.3, -0.25) is 4.90 Å². The van der Waals surface area contributed by atoms with Crippen LogP contribution in [0.25, 0.3) is 0 Å². The van der Waals surface area contributed by atoms with Crippen LogP contribution in [0.2, 0.25) is 0 Å². The molecule has 0 radical (unpaired) electrons. The molecule has 2 saturated heterocycles. The highest BCUT2D eigenvalue weighted by Gasteiger charge is 2.55. The maximum Gasteiger partial charge on any atom is 0.0829 e. The van der Waals surface area contributed by atoms with Gasteiger partial charge in [0.2, 0.25) is 0 Å². The molecular formula is C23H36N2O. The van der Waals surface area contributed by atoms with Crippen molar-refractivity contribution in [2.45, 2.75) is 70.1 Å². The Labute approximate surface area is 159 Å². The quantitative estimate of drug-likeness (QED) is 0.781. The zero-order chi connectivity index (χ0) is 18.0. The Hall–Kier alpha value is -0.900. The summed E-state index contributed by atoms with van der Waals surface area (Å²) >= 11 is 0. The Morgan fingerprint density at radius 3 is 2.35 bits per heavy atom. The second kappa shape index (κ2) is 7.61. The molecule has 3 nitrogen and oxygen atoms in total. The van der Waals surface area contributed by atoms with Crippen LogP contribution in [0.5, 0.6) is 0 Å². The number of benzene rings is 1. The minimum atomic E-state index is 0.0934. The number of hydrogen-bond donors (Lipinski definition) is 0. The van der Waals surface area contributed by atoms with Crippen LogP contribution in [-0.4, -0.2) is 53.7 Å². The Bertz CT molecular complexity index is 583. The van der Waals surface area contributed by atoms with E-state index in [2.05, 4.69) is 54.0 Å². The summed E-state index contributed by atoms with van der Waals surface area (Å²) in [6.45, 7) is 11.7. The number of nitrogens with zero attached hydrogens (tertiary/aromatic N) is 2. The molecule has 26 heavy (non-hydrogen) atoms. The van der Waals surface area contributed by atoms with Gasteiger partial charge in [-0.2, -0.15) is 0 Å². The van der Waals surface area contributed by atoms with Gasteiger partial charge < -0.3 is 9.64 Å². The molecule has 0 aromatic heterocycles. The maximum absolute atomic E-state index is 6.87. The highest BCUT2D eigenvalue weighted by Crippen LogP contribution is 2.49. The second-order valence-electron chi connectivity index (χ2n) is 9.48. The standard InChI is InChI=1S/C23H36N2O/c1-20(2)9-15-24-14-6-10-22(13-16-24)18-25(19-23(26-22)11-12-23)17-21-7-4-3-5-8-21/h3-5,7-8,20H,6,9-19H2,1-2H3. The first-order valence-electron chi connectivity index (χ1n) is 10.8. The van der Waals surface area contributed by atoms with Crippen molar-refractivity contribution in [2.24, 2.45) is 5.92 Å².